The van der Waals surface area contributed by atoms with Crippen LogP contribution in [0.3, 0.4) is 0 Å². The van der Waals surface area contributed by atoms with Crippen molar-refractivity contribution in [2.75, 3.05) is 0 Å². The molecular formula is C13H17IO. The van der Waals surface area contributed by atoms with Gasteiger partial charge < -0.3 is 0 Å². The minimum absolute atomic E-state index is 0.240. The number of benzene rings is 1. The molecule has 0 amide bonds. The predicted molar refractivity (Wildman–Crippen MR) is 71.9 cm³/mol. The van der Waals surface area contributed by atoms with E-state index in [4.69, 9.17) is 0 Å². The molecule has 0 spiro atoms. The fraction of sp³-hybridized carbons (Fsp3) is 0.462. The molecule has 1 nitrogen and oxygen atoms in total. The highest BCUT2D eigenvalue weighted by atomic mass is 127. The molecule has 0 aromatic heterocycles. The van der Waals surface area contributed by atoms with Crippen molar-refractivity contribution >= 4 is 28.4 Å². The number of rotatable bonds is 5. The second-order valence-corrected chi connectivity index (χ2v) is 5.03. The van der Waals surface area contributed by atoms with Gasteiger partial charge in [-0.15, -0.1) is 0 Å². The van der Waals surface area contributed by atoms with Gasteiger partial charge in [-0.1, -0.05) is 26.0 Å². The number of hydrogen-bond donors (Lipinski definition) is 0. The van der Waals surface area contributed by atoms with Gasteiger partial charge in [0.25, 0.3) is 0 Å². The molecule has 0 aliphatic carbocycles. The molecule has 0 saturated heterocycles. The molecule has 0 aliphatic heterocycles. The molecule has 82 valence electrons. The van der Waals surface area contributed by atoms with Crippen LogP contribution in [-0.4, -0.2) is 5.78 Å². The Kier molecular flexibility index (Phi) is 5.29. The zero-order chi connectivity index (χ0) is 11.3. The Morgan fingerprint density at radius 1 is 1.20 bits per heavy atom. The highest BCUT2D eigenvalue weighted by Gasteiger charge is 2.14. The molecule has 0 aliphatic rings. The van der Waals surface area contributed by atoms with E-state index in [-0.39, 0.29) is 5.92 Å². The molecule has 0 N–H and O–H groups in total. The lowest BCUT2D eigenvalue weighted by Gasteiger charge is -2.10. The summed E-state index contributed by atoms with van der Waals surface area (Å²) < 4.78 is 1.21. The number of carbonyl (C=O) groups excluding carboxylic acids is 1. The molecule has 0 atom stereocenters. The topological polar surface area (TPSA) is 17.1 Å². The van der Waals surface area contributed by atoms with Crippen molar-refractivity contribution in [3.05, 3.63) is 33.4 Å². The molecule has 1 aromatic carbocycles. The van der Waals surface area contributed by atoms with Crippen LogP contribution in [-0.2, 0) is 11.2 Å². The van der Waals surface area contributed by atoms with E-state index < -0.39 is 0 Å². The third-order valence-electron chi connectivity index (χ3n) is 2.73. The molecule has 0 bridgehead atoms. The lowest BCUT2D eigenvalue weighted by atomic mass is 9.93. The van der Waals surface area contributed by atoms with Gasteiger partial charge in [0, 0.05) is 15.9 Å². The van der Waals surface area contributed by atoms with Gasteiger partial charge in [0.2, 0.25) is 0 Å². The van der Waals surface area contributed by atoms with E-state index in [1.54, 1.807) is 0 Å². The number of hydrogen-bond acceptors (Lipinski definition) is 1. The van der Waals surface area contributed by atoms with E-state index in [9.17, 15) is 4.79 Å². The Morgan fingerprint density at radius 2 is 1.73 bits per heavy atom. The monoisotopic (exact) mass is 316 g/mol. The van der Waals surface area contributed by atoms with Gasteiger partial charge in [-0.25, -0.2) is 0 Å². The second-order valence-electron chi connectivity index (χ2n) is 3.78. The maximum atomic E-state index is 11.9. The van der Waals surface area contributed by atoms with E-state index in [1.165, 1.54) is 3.57 Å². The van der Waals surface area contributed by atoms with Crippen molar-refractivity contribution < 1.29 is 4.79 Å². The van der Waals surface area contributed by atoms with Crippen molar-refractivity contribution in [2.45, 2.75) is 33.1 Å². The van der Waals surface area contributed by atoms with Gasteiger partial charge in [0.05, 0.1) is 0 Å². The number of Topliss-reactive ketones (excluding diaryl/α,β-unsaturated/α-hetero) is 1. The fourth-order valence-corrected chi connectivity index (χ4v) is 2.05. The van der Waals surface area contributed by atoms with Crippen LogP contribution in [0.25, 0.3) is 0 Å². The van der Waals surface area contributed by atoms with Crippen LogP contribution >= 0.6 is 22.6 Å². The molecule has 0 unspecified atom stereocenters. The van der Waals surface area contributed by atoms with E-state index >= 15 is 0 Å². The van der Waals surface area contributed by atoms with Gasteiger partial charge >= 0.3 is 0 Å². The Hall–Kier alpha value is -0.380. The van der Waals surface area contributed by atoms with Crippen LogP contribution in [0.1, 0.15) is 32.3 Å². The van der Waals surface area contributed by atoms with Crippen molar-refractivity contribution in [1.82, 2.24) is 0 Å². The average Bonchev–Trinajstić information content (AvgIpc) is 2.23. The molecule has 0 saturated carbocycles. The summed E-state index contributed by atoms with van der Waals surface area (Å²) in [5, 5.41) is 0. The van der Waals surface area contributed by atoms with Crippen LogP contribution in [0.4, 0.5) is 0 Å². The summed E-state index contributed by atoms with van der Waals surface area (Å²) >= 11 is 2.27. The predicted octanol–water partition coefficient (Wildman–Crippen LogP) is 3.84. The lowest BCUT2D eigenvalue weighted by molar-refractivity contribution is -0.122. The minimum Gasteiger partial charge on any atom is -0.299 e. The Morgan fingerprint density at radius 3 is 2.20 bits per heavy atom. The normalized spacial score (nSPS) is 10.7. The molecule has 2 heteroatoms. The van der Waals surface area contributed by atoms with Gasteiger partial charge in [0.15, 0.2) is 0 Å². The third-order valence-corrected chi connectivity index (χ3v) is 3.45. The highest BCUT2D eigenvalue weighted by molar-refractivity contribution is 14.1. The number of ketones is 1. The Bertz CT molecular complexity index is 312. The van der Waals surface area contributed by atoms with Gasteiger partial charge in [-0.05, 0) is 53.1 Å². The minimum atomic E-state index is 0.240. The smallest absolute Gasteiger partial charge is 0.140 e. The van der Waals surface area contributed by atoms with Crippen LogP contribution in [0, 0.1) is 9.49 Å². The lowest BCUT2D eigenvalue weighted by Crippen LogP contribution is -2.15. The van der Waals surface area contributed by atoms with Crippen LogP contribution in [0.2, 0.25) is 0 Å². The molecule has 15 heavy (non-hydrogen) atoms. The molecule has 0 fully saturated rings. The van der Waals surface area contributed by atoms with Crippen molar-refractivity contribution in [3.63, 3.8) is 0 Å². The van der Waals surface area contributed by atoms with Gasteiger partial charge in [-0.2, -0.15) is 0 Å². The first-order valence-electron chi connectivity index (χ1n) is 5.44. The van der Waals surface area contributed by atoms with Crippen LogP contribution < -0.4 is 0 Å². The summed E-state index contributed by atoms with van der Waals surface area (Å²) in [5.74, 6) is 0.616. The standard InChI is InChI=1S/C13H17IO/c1-3-11(4-2)13(15)9-10-5-7-12(14)8-6-10/h5-8,11H,3-4,9H2,1-2H3. The fourth-order valence-electron chi connectivity index (χ4n) is 1.69. The van der Waals surface area contributed by atoms with Crippen molar-refractivity contribution in [1.29, 1.82) is 0 Å². The second kappa shape index (κ2) is 6.26. The largest absolute Gasteiger partial charge is 0.299 e. The highest BCUT2D eigenvalue weighted by Crippen LogP contribution is 2.14. The first kappa shape index (κ1) is 12.7. The first-order chi connectivity index (χ1) is 7.17. The average molecular weight is 316 g/mol. The maximum Gasteiger partial charge on any atom is 0.140 e. The zero-order valence-corrected chi connectivity index (χ0v) is 11.5. The molecular weight excluding hydrogens is 299 g/mol. The quantitative estimate of drug-likeness (QED) is 0.754. The summed E-state index contributed by atoms with van der Waals surface area (Å²) in [7, 11) is 0. The van der Waals surface area contributed by atoms with E-state index in [1.807, 2.05) is 12.1 Å². The third kappa shape index (κ3) is 3.93. The number of halogens is 1. The molecule has 0 radical (unpaired) electrons. The first-order valence-corrected chi connectivity index (χ1v) is 6.52. The summed E-state index contributed by atoms with van der Waals surface area (Å²) in [6.07, 6.45) is 2.50. The van der Waals surface area contributed by atoms with Crippen LogP contribution in [0.5, 0.6) is 0 Å². The van der Waals surface area contributed by atoms with Crippen molar-refractivity contribution in [3.8, 4) is 0 Å². The maximum absolute atomic E-state index is 11.9. The summed E-state index contributed by atoms with van der Waals surface area (Å²) in [5.41, 5.74) is 1.13. The van der Waals surface area contributed by atoms with Crippen LogP contribution in [0.15, 0.2) is 24.3 Å². The molecule has 1 rings (SSSR count). The Labute approximate surface area is 105 Å². The SMILES string of the molecule is CCC(CC)C(=O)Cc1ccc(I)cc1. The van der Waals surface area contributed by atoms with Crippen molar-refractivity contribution in [2.24, 2.45) is 5.92 Å². The summed E-state index contributed by atoms with van der Waals surface area (Å²) in [6, 6.07) is 8.19. The summed E-state index contributed by atoms with van der Waals surface area (Å²) in [6.45, 7) is 4.17. The zero-order valence-electron chi connectivity index (χ0n) is 9.29. The Balaban J connectivity index is 2.61. The summed E-state index contributed by atoms with van der Waals surface area (Å²) in [4.78, 5) is 11.9. The van der Waals surface area contributed by atoms with E-state index in [2.05, 4.69) is 48.6 Å². The van der Waals surface area contributed by atoms with Gasteiger partial charge in [0.1, 0.15) is 5.78 Å². The molecule has 1 aromatic rings. The number of carbonyl (C=O) groups is 1. The molecule has 0 heterocycles. The van der Waals surface area contributed by atoms with Gasteiger partial charge in [-0.3, -0.25) is 4.79 Å². The van der Waals surface area contributed by atoms with E-state index in [0.29, 0.717) is 12.2 Å². The van der Waals surface area contributed by atoms with E-state index in [0.717, 1.165) is 18.4 Å².